The van der Waals surface area contributed by atoms with Gasteiger partial charge in [0.2, 0.25) is 5.91 Å². The number of carbonyl (C=O) groups excluding carboxylic acids is 1. The van der Waals surface area contributed by atoms with Gasteiger partial charge in [0.05, 0.1) is 0 Å². The molecule has 2 N–H and O–H groups in total. The standard InChI is InChI=1S/C11H21NO2/c1-4-6-9(2)11(14)12-10(3)7-5-8-13/h6,10,13H,4-5,7-8H2,1-3H3,(H,12,14). The number of hydrogen-bond donors (Lipinski definition) is 2. The Hall–Kier alpha value is -0.830. The lowest BCUT2D eigenvalue weighted by atomic mass is 10.1. The molecule has 1 amide bonds. The summed E-state index contributed by atoms with van der Waals surface area (Å²) in [6, 6.07) is 0.134. The van der Waals surface area contributed by atoms with E-state index in [1.54, 1.807) is 0 Å². The summed E-state index contributed by atoms with van der Waals surface area (Å²) >= 11 is 0. The summed E-state index contributed by atoms with van der Waals surface area (Å²) in [5, 5.41) is 11.5. The van der Waals surface area contributed by atoms with Gasteiger partial charge in [0.1, 0.15) is 0 Å². The number of allylic oxidation sites excluding steroid dienone is 1. The van der Waals surface area contributed by atoms with Gasteiger partial charge in [-0.05, 0) is 33.1 Å². The van der Waals surface area contributed by atoms with E-state index >= 15 is 0 Å². The number of aliphatic hydroxyl groups is 1. The molecular weight excluding hydrogens is 178 g/mol. The zero-order chi connectivity index (χ0) is 11.0. The van der Waals surface area contributed by atoms with Crippen molar-refractivity contribution in [1.82, 2.24) is 5.32 Å². The molecule has 3 nitrogen and oxygen atoms in total. The number of hydrogen-bond acceptors (Lipinski definition) is 2. The van der Waals surface area contributed by atoms with Crippen LogP contribution in [0.2, 0.25) is 0 Å². The van der Waals surface area contributed by atoms with Crippen LogP contribution in [0.25, 0.3) is 0 Å². The van der Waals surface area contributed by atoms with Crippen LogP contribution in [0, 0.1) is 0 Å². The molecule has 0 aliphatic carbocycles. The van der Waals surface area contributed by atoms with Crippen molar-refractivity contribution in [3.8, 4) is 0 Å². The van der Waals surface area contributed by atoms with Gasteiger partial charge in [-0.25, -0.2) is 0 Å². The van der Waals surface area contributed by atoms with Crippen LogP contribution in [0.3, 0.4) is 0 Å². The average molecular weight is 199 g/mol. The van der Waals surface area contributed by atoms with E-state index < -0.39 is 0 Å². The summed E-state index contributed by atoms with van der Waals surface area (Å²) in [7, 11) is 0. The van der Waals surface area contributed by atoms with Gasteiger partial charge in [-0.1, -0.05) is 13.0 Å². The Morgan fingerprint density at radius 1 is 1.57 bits per heavy atom. The minimum Gasteiger partial charge on any atom is -0.396 e. The maximum absolute atomic E-state index is 11.5. The van der Waals surface area contributed by atoms with Crippen LogP contribution in [0.15, 0.2) is 11.6 Å². The van der Waals surface area contributed by atoms with Crippen molar-refractivity contribution in [3.05, 3.63) is 11.6 Å². The van der Waals surface area contributed by atoms with Crippen LogP contribution in [0.1, 0.15) is 40.0 Å². The SMILES string of the molecule is CCC=C(C)C(=O)NC(C)CCCO. The van der Waals surface area contributed by atoms with Gasteiger partial charge in [0.25, 0.3) is 0 Å². The summed E-state index contributed by atoms with van der Waals surface area (Å²) in [4.78, 5) is 11.5. The molecular formula is C11H21NO2. The highest BCUT2D eigenvalue weighted by atomic mass is 16.2. The monoisotopic (exact) mass is 199 g/mol. The quantitative estimate of drug-likeness (QED) is 0.639. The normalized spacial score (nSPS) is 13.9. The van der Waals surface area contributed by atoms with E-state index in [2.05, 4.69) is 5.32 Å². The van der Waals surface area contributed by atoms with Crippen molar-refractivity contribution in [3.63, 3.8) is 0 Å². The first-order valence-electron chi connectivity index (χ1n) is 5.20. The Kier molecular flexibility index (Phi) is 7.11. The van der Waals surface area contributed by atoms with Crippen molar-refractivity contribution in [2.45, 2.75) is 46.1 Å². The van der Waals surface area contributed by atoms with E-state index in [0.717, 1.165) is 24.8 Å². The van der Waals surface area contributed by atoms with Crippen molar-refractivity contribution in [1.29, 1.82) is 0 Å². The van der Waals surface area contributed by atoms with Crippen LogP contribution in [0.4, 0.5) is 0 Å². The summed E-state index contributed by atoms with van der Waals surface area (Å²) in [6.07, 6.45) is 4.35. The molecule has 3 heteroatoms. The lowest BCUT2D eigenvalue weighted by Gasteiger charge is -2.13. The highest BCUT2D eigenvalue weighted by Crippen LogP contribution is 1.99. The molecule has 0 saturated carbocycles. The Balaban J connectivity index is 3.87. The Labute approximate surface area is 86.2 Å². The third kappa shape index (κ3) is 5.75. The van der Waals surface area contributed by atoms with E-state index in [1.165, 1.54) is 0 Å². The van der Waals surface area contributed by atoms with E-state index in [-0.39, 0.29) is 18.6 Å². The van der Waals surface area contributed by atoms with Crippen molar-refractivity contribution >= 4 is 5.91 Å². The van der Waals surface area contributed by atoms with Gasteiger partial charge in [0, 0.05) is 18.2 Å². The molecule has 0 aliphatic heterocycles. The molecule has 0 bridgehead atoms. The molecule has 0 heterocycles. The molecule has 0 saturated heterocycles. The van der Waals surface area contributed by atoms with Gasteiger partial charge in [-0.3, -0.25) is 4.79 Å². The highest BCUT2D eigenvalue weighted by molar-refractivity contribution is 5.92. The molecule has 0 aromatic rings. The fourth-order valence-corrected chi connectivity index (χ4v) is 1.21. The molecule has 1 unspecified atom stereocenters. The van der Waals surface area contributed by atoms with Crippen LogP contribution >= 0.6 is 0 Å². The lowest BCUT2D eigenvalue weighted by Crippen LogP contribution is -2.33. The maximum Gasteiger partial charge on any atom is 0.246 e. The first-order chi connectivity index (χ1) is 6.61. The van der Waals surface area contributed by atoms with Gasteiger partial charge < -0.3 is 10.4 Å². The highest BCUT2D eigenvalue weighted by Gasteiger charge is 2.07. The second-order valence-electron chi connectivity index (χ2n) is 3.54. The smallest absolute Gasteiger partial charge is 0.246 e. The van der Waals surface area contributed by atoms with Crippen LogP contribution in [-0.4, -0.2) is 23.7 Å². The minimum absolute atomic E-state index is 0.00251. The largest absolute Gasteiger partial charge is 0.396 e. The van der Waals surface area contributed by atoms with Crippen LogP contribution < -0.4 is 5.32 Å². The number of nitrogens with one attached hydrogen (secondary N) is 1. The summed E-state index contributed by atoms with van der Waals surface area (Å²) in [5.41, 5.74) is 0.767. The van der Waals surface area contributed by atoms with E-state index in [0.29, 0.717) is 0 Å². The molecule has 0 fully saturated rings. The van der Waals surface area contributed by atoms with E-state index in [4.69, 9.17) is 5.11 Å². The van der Waals surface area contributed by atoms with E-state index in [1.807, 2.05) is 26.8 Å². The summed E-state index contributed by atoms with van der Waals surface area (Å²) in [6.45, 7) is 5.96. The Morgan fingerprint density at radius 3 is 2.71 bits per heavy atom. The Bertz CT molecular complexity index is 199. The molecule has 82 valence electrons. The first-order valence-corrected chi connectivity index (χ1v) is 5.20. The molecule has 0 aromatic heterocycles. The molecule has 0 aliphatic rings. The minimum atomic E-state index is -0.00251. The summed E-state index contributed by atoms with van der Waals surface area (Å²) in [5.74, 6) is -0.00251. The number of carbonyl (C=O) groups is 1. The maximum atomic E-state index is 11.5. The molecule has 0 rings (SSSR count). The fraction of sp³-hybridized carbons (Fsp3) is 0.727. The first kappa shape index (κ1) is 13.2. The number of rotatable bonds is 6. The third-order valence-corrected chi connectivity index (χ3v) is 2.04. The van der Waals surface area contributed by atoms with Crippen molar-refractivity contribution in [2.75, 3.05) is 6.61 Å². The topological polar surface area (TPSA) is 49.3 Å². The van der Waals surface area contributed by atoms with Gasteiger partial charge >= 0.3 is 0 Å². The third-order valence-electron chi connectivity index (χ3n) is 2.04. The zero-order valence-electron chi connectivity index (χ0n) is 9.34. The van der Waals surface area contributed by atoms with Gasteiger partial charge in [-0.2, -0.15) is 0 Å². The predicted octanol–water partition coefficient (Wildman–Crippen LogP) is 1.62. The second kappa shape index (κ2) is 7.56. The Morgan fingerprint density at radius 2 is 2.21 bits per heavy atom. The molecule has 0 radical (unpaired) electrons. The molecule has 1 atom stereocenters. The second-order valence-corrected chi connectivity index (χ2v) is 3.54. The van der Waals surface area contributed by atoms with Gasteiger partial charge in [0.15, 0.2) is 0 Å². The van der Waals surface area contributed by atoms with Gasteiger partial charge in [-0.15, -0.1) is 0 Å². The molecule has 14 heavy (non-hydrogen) atoms. The van der Waals surface area contributed by atoms with Crippen LogP contribution in [-0.2, 0) is 4.79 Å². The average Bonchev–Trinajstić information content (AvgIpc) is 2.15. The molecule has 0 spiro atoms. The lowest BCUT2D eigenvalue weighted by molar-refractivity contribution is -0.118. The number of aliphatic hydroxyl groups excluding tert-OH is 1. The predicted molar refractivity (Wildman–Crippen MR) is 58.0 cm³/mol. The van der Waals surface area contributed by atoms with Crippen molar-refractivity contribution in [2.24, 2.45) is 0 Å². The number of amides is 1. The zero-order valence-corrected chi connectivity index (χ0v) is 9.34. The van der Waals surface area contributed by atoms with E-state index in [9.17, 15) is 4.79 Å². The van der Waals surface area contributed by atoms with Crippen molar-refractivity contribution < 1.29 is 9.90 Å². The van der Waals surface area contributed by atoms with Crippen LogP contribution in [0.5, 0.6) is 0 Å². The summed E-state index contributed by atoms with van der Waals surface area (Å²) < 4.78 is 0. The molecule has 0 aromatic carbocycles. The fourth-order valence-electron chi connectivity index (χ4n) is 1.21.